The van der Waals surface area contributed by atoms with E-state index in [9.17, 15) is 4.79 Å². The topological polar surface area (TPSA) is 43.3 Å². The number of hydrogen-bond donors (Lipinski definition) is 1. The molecule has 2 aromatic carbocycles. The van der Waals surface area contributed by atoms with Crippen molar-refractivity contribution in [1.29, 1.82) is 0 Å². The minimum Gasteiger partial charge on any atom is -0.448 e. The van der Waals surface area contributed by atoms with Crippen LogP contribution in [0.4, 0.5) is 4.79 Å². The van der Waals surface area contributed by atoms with Gasteiger partial charge in [0, 0.05) is 16.9 Å². The first-order chi connectivity index (χ1) is 16.1. The zero-order valence-electron chi connectivity index (χ0n) is 22.9. The van der Waals surface area contributed by atoms with Crippen LogP contribution in [0.15, 0.2) is 60.7 Å². The Morgan fingerprint density at radius 1 is 0.743 bits per heavy atom. The molecular formula is C30H42N2O2S. The van der Waals surface area contributed by atoms with E-state index in [0.29, 0.717) is 6.61 Å². The molecule has 0 unspecified atom stereocenters. The highest BCUT2D eigenvalue weighted by molar-refractivity contribution is 8.32. The largest absolute Gasteiger partial charge is 0.448 e. The molecule has 0 bridgehead atoms. The van der Waals surface area contributed by atoms with Gasteiger partial charge in [0.2, 0.25) is 0 Å². The van der Waals surface area contributed by atoms with Crippen LogP contribution in [0.25, 0.3) is 22.5 Å². The highest BCUT2D eigenvalue weighted by Gasteiger charge is 2.19. The molecule has 0 aliphatic carbocycles. The van der Waals surface area contributed by atoms with Crippen molar-refractivity contribution in [3.63, 3.8) is 0 Å². The maximum absolute atomic E-state index is 12.8. The van der Waals surface area contributed by atoms with Crippen LogP contribution in [0.3, 0.4) is 0 Å². The van der Waals surface area contributed by atoms with Gasteiger partial charge < -0.3 is 4.74 Å². The summed E-state index contributed by atoms with van der Waals surface area (Å²) in [4.78, 5) is 12.8. The number of aromatic nitrogens is 1. The number of hydrogen-bond acceptors (Lipinski definition) is 2. The van der Waals surface area contributed by atoms with E-state index in [4.69, 9.17) is 4.74 Å². The third kappa shape index (κ3) is 7.17. The summed E-state index contributed by atoms with van der Waals surface area (Å²) >= 11 is 0. The van der Waals surface area contributed by atoms with Crippen molar-refractivity contribution in [1.82, 2.24) is 4.68 Å². The van der Waals surface area contributed by atoms with Gasteiger partial charge in [0.15, 0.2) is 0 Å². The molecule has 1 aromatic heterocycles. The van der Waals surface area contributed by atoms with Gasteiger partial charge in [-0.05, 0) is 52.9 Å². The molecule has 0 aliphatic heterocycles. The number of nitrogens with zero attached hydrogens (tertiary/aromatic N) is 1. The van der Waals surface area contributed by atoms with Crippen LogP contribution >= 0.6 is 10.0 Å². The fraction of sp³-hybridized carbons (Fsp3) is 0.433. The van der Waals surface area contributed by atoms with Crippen LogP contribution in [-0.2, 0) is 15.6 Å². The monoisotopic (exact) mass is 494 g/mol. The number of carbonyl (C=O) groups excluding carboxylic acids is 1. The first kappa shape index (κ1) is 26.9. The normalized spacial score (nSPS) is 12.9. The van der Waals surface area contributed by atoms with Crippen LogP contribution in [0.2, 0.25) is 0 Å². The zero-order valence-corrected chi connectivity index (χ0v) is 23.7. The van der Waals surface area contributed by atoms with E-state index in [-0.39, 0.29) is 10.8 Å². The molecule has 0 atom stereocenters. The maximum Gasteiger partial charge on any atom is 0.426 e. The quantitative estimate of drug-likeness (QED) is 0.380. The Bertz CT molecular complexity index is 1060. The van der Waals surface area contributed by atoms with Gasteiger partial charge in [-0.25, -0.2) is 24.9 Å². The summed E-state index contributed by atoms with van der Waals surface area (Å²) in [5.74, 6) is 0.883. The molecule has 1 N–H and O–H groups in total. The van der Waals surface area contributed by atoms with Crippen molar-refractivity contribution in [2.75, 3.05) is 36.6 Å². The van der Waals surface area contributed by atoms with Crippen molar-refractivity contribution in [3.8, 4) is 22.5 Å². The molecule has 4 nitrogen and oxygen atoms in total. The molecule has 3 aromatic rings. The van der Waals surface area contributed by atoms with Gasteiger partial charge >= 0.3 is 6.09 Å². The molecule has 35 heavy (non-hydrogen) atoms. The maximum atomic E-state index is 12.8. The lowest BCUT2D eigenvalue weighted by atomic mass is 9.86. The molecule has 1 heterocycles. The molecule has 3 rings (SSSR count). The van der Waals surface area contributed by atoms with Crippen LogP contribution in [0, 0.1) is 0 Å². The first-order valence-corrected chi connectivity index (χ1v) is 15.2. The molecule has 0 saturated carbocycles. The summed E-state index contributed by atoms with van der Waals surface area (Å²) < 4.78 is 7.40. The Hall–Kier alpha value is -2.66. The lowest BCUT2D eigenvalue weighted by Gasteiger charge is -2.24. The van der Waals surface area contributed by atoms with Crippen LogP contribution in [0.5, 0.6) is 0 Å². The number of carbonyl (C=O) groups is 1. The summed E-state index contributed by atoms with van der Waals surface area (Å²) in [5, 5.41) is 0. The number of benzene rings is 2. The van der Waals surface area contributed by atoms with Crippen LogP contribution in [-0.4, -0.2) is 41.9 Å². The Balaban J connectivity index is 1.96. The zero-order chi connectivity index (χ0) is 26.0. The Kier molecular flexibility index (Phi) is 7.80. The van der Waals surface area contributed by atoms with E-state index in [1.807, 2.05) is 4.68 Å². The minimum atomic E-state index is -0.728. The summed E-state index contributed by atoms with van der Waals surface area (Å²) in [6.45, 7) is 13.7. The lowest BCUT2D eigenvalue weighted by molar-refractivity contribution is 0.165. The molecule has 190 valence electrons. The van der Waals surface area contributed by atoms with Crippen molar-refractivity contribution in [2.45, 2.75) is 52.4 Å². The average Bonchev–Trinajstić information content (AvgIpc) is 3.15. The molecular weight excluding hydrogens is 452 g/mol. The van der Waals surface area contributed by atoms with Crippen molar-refractivity contribution in [3.05, 3.63) is 71.8 Å². The summed E-state index contributed by atoms with van der Waals surface area (Å²) in [6, 6.07) is 21.2. The van der Waals surface area contributed by atoms with Gasteiger partial charge in [0.05, 0.1) is 11.4 Å². The Morgan fingerprint density at radius 2 is 1.14 bits per heavy atom. The molecule has 1 amide bonds. The lowest BCUT2D eigenvalue weighted by Crippen LogP contribution is -2.26. The second-order valence-electron chi connectivity index (χ2n) is 12.1. The molecule has 5 heteroatoms. The van der Waals surface area contributed by atoms with Crippen molar-refractivity contribution in [2.24, 2.45) is 0 Å². The third-order valence-electron chi connectivity index (χ3n) is 6.11. The predicted octanol–water partition coefficient (Wildman–Crippen LogP) is 7.79. The summed E-state index contributed by atoms with van der Waals surface area (Å²) in [6.07, 6.45) is 6.22. The van der Waals surface area contributed by atoms with Gasteiger partial charge in [-0.3, -0.25) is 0 Å². The van der Waals surface area contributed by atoms with E-state index in [1.165, 1.54) is 11.1 Å². The SMILES string of the molecule is CC(C)(C)c1ccc(-c2ccc(-c3ccc(C(C)(C)C)cc3)n2NC(=O)OCCS(C)(C)C)cc1. The second kappa shape index (κ2) is 10.1. The smallest absolute Gasteiger partial charge is 0.426 e. The fourth-order valence-electron chi connectivity index (χ4n) is 3.80. The summed E-state index contributed by atoms with van der Waals surface area (Å²) in [5.41, 5.74) is 9.61. The van der Waals surface area contributed by atoms with E-state index < -0.39 is 16.1 Å². The highest BCUT2D eigenvalue weighted by atomic mass is 32.3. The second-order valence-corrected chi connectivity index (χ2v) is 16.7. The highest BCUT2D eigenvalue weighted by Crippen LogP contribution is 2.34. The predicted molar refractivity (Wildman–Crippen MR) is 154 cm³/mol. The third-order valence-corrected chi connectivity index (χ3v) is 7.50. The molecule has 0 saturated heterocycles. The molecule has 0 aliphatic rings. The van der Waals surface area contributed by atoms with E-state index >= 15 is 0 Å². The van der Waals surface area contributed by atoms with E-state index in [1.54, 1.807) is 0 Å². The fourth-order valence-corrected chi connectivity index (χ4v) is 4.38. The van der Waals surface area contributed by atoms with Crippen molar-refractivity contribution >= 4 is 16.1 Å². The Morgan fingerprint density at radius 3 is 1.49 bits per heavy atom. The number of amides is 1. The van der Waals surface area contributed by atoms with Crippen LogP contribution < -0.4 is 5.43 Å². The van der Waals surface area contributed by atoms with E-state index in [2.05, 4.69) is 126 Å². The number of nitrogens with one attached hydrogen (secondary N) is 1. The summed E-state index contributed by atoms with van der Waals surface area (Å²) in [7, 11) is -0.728. The van der Waals surface area contributed by atoms with E-state index in [0.717, 1.165) is 28.3 Å². The van der Waals surface area contributed by atoms with Gasteiger partial charge in [-0.15, -0.1) is 0 Å². The standard InChI is InChI=1S/C30H42N2O2S/c1-29(2,3)24-14-10-22(11-15-24)26-18-19-27(23-12-16-25(17-13-23)30(4,5)6)32(26)31-28(33)34-20-21-35(7,8)9/h10-19H,20-21H2,1-9H3,(H,31,33). The average molecular weight is 495 g/mol. The van der Waals surface area contributed by atoms with Crippen LogP contribution in [0.1, 0.15) is 52.7 Å². The van der Waals surface area contributed by atoms with Gasteiger partial charge in [-0.1, -0.05) is 90.1 Å². The van der Waals surface area contributed by atoms with Gasteiger partial charge in [0.1, 0.15) is 6.61 Å². The Labute approximate surface area is 213 Å². The minimum absolute atomic E-state index is 0.0809. The first-order valence-electron chi connectivity index (χ1n) is 12.2. The van der Waals surface area contributed by atoms with Gasteiger partial charge in [-0.2, -0.15) is 0 Å². The molecule has 0 radical (unpaired) electrons. The number of ether oxygens (including phenoxy) is 1. The number of rotatable bonds is 6. The molecule has 0 spiro atoms. The van der Waals surface area contributed by atoms with Gasteiger partial charge in [0.25, 0.3) is 0 Å². The molecule has 0 fully saturated rings. The van der Waals surface area contributed by atoms with Crippen molar-refractivity contribution < 1.29 is 9.53 Å².